The smallest absolute Gasteiger partial charge is 0.307 e. The lowest BCUT2D eigenvalue weighted by Gasteiger charge is -2.25. The van der Waals surface area contributed by atoms with Gasteiger partial charge in [0.05, 0.1) is 11.8 Å². The molecule has 5 nitrogen and oxygen atoms in total. The number of carbonyl (C=O) groups is 2. The second kappa shape index (κ2) is 6.88. The van der Waals surface area contributed by atoms with Crippen LogP contribution < -0.4 is 5.32 Å². The summed E-state index contributed by atoms with van der Waals surface area (Å²) in [6.07, 6.45) is 5.88. The van der Waals surface area contributed by atoms with E-state index >= 15 is 0 Å². The minimum Gasteiger partial charge on any atom is -0.481 e. The topological polar surface area (TPSA) is 69.6 Å². The van der Waals surface area contributed by atoms with E-state index in [-0.39, 0.29) is 5.91 Å². The lowest BCUT2D eigenvalue weighted by atomic mass is 9.82. The lowest BCUT2D eigenvalue weighted by molar-refractivity contribution is -0.147. The molecule has 1 heterocycles. The van der Waals surface area contributed by atoms with Gasteiger partial charge in [-0.3, -0.25) is 9.59 Å². The van der Waals surface area contributed by atoms with E-state index in [1.54, 1.807) is 0 Å². The summed E-state index contributed by atoms with van der Waals surface area (Å²) in [7, 11) is 0. The maximum absolute atomic E-state index is 12.2. The number of carboxylic acids is 1. The average molecular weight is 280 g/mol. The second-order valence-electron chi connectivity index (χ2n) is 5.79. The van der Waals surface area contributed by atoms with Crippen molar-refractivity contribution in [2.75, 3.05) is 26.2 Å². The minimum atomic E-state index is -0.868. The van der Waals surface area contributed by atoms with Gasteiger partial charge in [0.2, 0.25) is 5.91 Å². The summed E-state index contributed by atoms with van der Waals surface area (Å²) >= 11 is 0. The van der Waals surface area contributed by atoms with Crippen LogP contribution in [0.2, 0.25) is 0 Å². The highest BCUT2D eigenvalue weighted by molar-refractivity contribution is 5.85. The normalized spacial score (nSPS) is 30.4. The van der Waals surface area contributed by atoms with Crippen LogP contribution in [0.1, 0.15) is 26.2 Å². The summed E-state index contributed by atoms with van der Waals surface area (Å²) in [6.45, 7) is 6.00. The fourth-order valence-electron chi connectivity index (χ4n) is 3.12. The third kappa shape index (κ3) is 3.60. The molecule has 2 rings (SSSR count). The highest BCUT2D eigenvalue weighted by Crippen LogP contribution is 2.26. The van der Waals surface area contributed by atoms with Gasteiger partial charge in [-0.2, -0.15) is 0 Å². The molecule has 0 spiro atoms. The summed E-state index contributed by atoms with van der Waals surface area (Å²) in [4.78, 5) is 25.8. The number of likely N-dealkylation sites (tertiary alicyclic amines) is 1. The van der Waals surface area contributed by atoms with E-state index in [2.05, 4.69) is 17.1 Å². The molecule has 0 aromatic heterocycles. The number of nitrogens with one attached hydrogen (secondary N) is 1. The van der Waals surface area contributed by atoms with Gasteiger partial charge in [-0.1, -0.05) is 19.1 Å². The standard InChI is InChI=1S/C15H24N2O3/c1-2-17-8-7-11(10-17)9-16-14(18)12-5-3-4-6-13(12)15(19)20/h3-4,11-13H,2,5-10H2,1H3,(H,16,18)(H,19,20). The van der Waals surface area contributed by atoms with Crippen molar-refractivity contribution in [1.29, 1.82) is 0 Å². The molecule has 2 N–H and O–H groups in total. The molecule has 0 radical (unpaired) electrons. The Hall–Kier alpha value is -1.36. The van der Waals surface area contributed by atoms with E-state index in [0.29, 0.717) is 25.3 Å². The molecule has 1 saturated heterocycles. The molecule has 3 unspecified atom stereocenters. The Labute approximate surface area is 120 Å². The van der Waals surface area contributed by atoms with E-state index in [9.17, 15) is 14.7 Å². The molecule has 3 atom stereocenters. The molecular formula is C15H24N2O3. The highest BCUT2D eigenvalue weighted by atomic mass is 16.4. The van der Waals surface area contributed by atoms with Gasteiger partial charge in [0.1, 0.15) is 0 Å². The minimum absolute atomic E-state index is 0.100. The third-order valence-corrected chi connectivity index (χ3v) is 4.47. The van der Waals surface area contributed by atoms with Gasteiger partial charge in [0.25, 0.3) is 0 Å². The summed E-state index contributed by atoms with van der Waals surface area (Å²) < 4.78 is 0. The van der Waals surface area contributed by atoms with E-state index in [1.807, 2.05) is 12.2 Å². The first kappa shape index (κ1) is 15.0. The SMILES string of the molecule is CCN1CCC(CNC(=O)C2CC=CCC2C(=O)O)C1. The van der Waals surface area contributed by atoms with Crippen molar-refractivity contribution in [2.45, 2.75) is 26.2 Å². The molecule has 2 aliphatic rings. The predicted molar refractivity (Wildman–Crippen MR) is 76.2 cm³/mol. The molecule has 0 aromatic rings. The highest BCUT2D eigenvalue weighted by Gasteiger charge is 2.34. The first-order valence-electron chi connectivity index (χ1n) is 7.49. The van der Waals surface area contributed by atoms with Gasteiger partial charge in [-0.05, 0) is 38.3 Å². The number of amides is 1. The summed E-state index contributed by atoms with van der Waals surface area (Å²) in [5.74, 6) is -1.46. The number of nitrogens with zero attached hydrogens (tertiary/aromatic N) is 1. The zero-order valence-electron chi connectivity index (χ0n) is 12.0. The Morgan fingerprint density at radius 3 is 2.60 bits per heavy atom. The monoisotopic (exact) mass is 280 g/mol. The summed E-state index contributed by atoms with van der Waals surface area (Å²) in [5, 5.41) is 12.1. The Balaban J connectivity index is 1.82. The van der Waals surface area contributed by atoms with Gasteiger partial charge >= 0.3 is 5.97 Å². The zero-order chi connectivity index (χ0) is 14.5. The van der Waals surface area contributed by atoms with Crippen LogP contribution in [0, 0.1) is 17.8 Å². The Kier molecular flexibility index (Phi) is 5.17. The van der Waals surface area contributed by atoms with Gasteiger partial charge in [-0.25, -0.2) is 0 Å². The number of carbonyl (C=O) groups excluding carboxylic acids is 1. The average Bonchev–Trinajstić information content (AvgIpc) is 2.92. The van der Waals surface area contributed by atoms with Crippen LogP contribution in [0.5, 0.6) is 0 Å². The van der Waals surface area contributed by atoms with Crippen molar-refractivity contribution in [3.05, 3.63) is 12.2 Å². The number of aliphatic carboxylic acids is 1. The van der Waals surface area contributed by atoms with Gasteiger partial charge in [0, 0.05) is 13.1 Å². The molecule has 0 saturated carbocycles. The Morgan fingerprint density at radius 1 is 1.30 bits per heavy atom. The quantitative estimate of drug-likeness (QED) is 0.740. The fourth-order valence-corrected chi connectivity index (χ4v) is 3.12. The fraction of sp³-hybridized carbons (Fsp3) is 0.733. The van der Waals surface area contributed by atoms with Crippen molar-refractivity contribution < 1.29 is 14.7 Å². The van der Waals surface area contributed by atoms with E-state index in [4.69, 9.17) is 0 Å². The van der Waals surface area contributed by atoms with Crippen LogP contribution in [0.3, 0.4) is 0 Å². The first-order chi connectivity index (χ1) is 9.61. The molecule has 1 fully saturated rings. The predicted octanol–water partition coefficient (Wildman–Crippen LogP) is 1.11. The van der Waals surface area contributed by atoms with Crippen molar-refractivity contribution in [3.8, 4) is 0 Å². The molecule has 0 aromatic carbocycles. The van der Waals surface area contributed by atoms with Crippen LogP contribution in [0.25, 0.3) is 0 Å². The number of rotatable bonds is 5. The second-order valence-corrected chi connectivity index (χ2v) is 5.79. The van der Waals surface area contributed by atoms with E-state index < -0.39 is 17.8 Å². The molecule has 1 aliphatic carbocycles. The van der Waals surface area contributed by atoms with Crippen LogP contribution in [-0.4, -0.2) is 48.1 Å². The van der Waals surface area contributed by atoms with Crippen LogP contribution in [0.15, 0.2) is 12.2 Å². The maximum Gasteiger partial charge on any atom is 0.307 e. The van der Waals surface area contributed by atoms with Crippen molar-refractivity contribution in [1.82, 2.24) is 10.2 Å². The molecule has 5 heteroatoms. The van der Waals surface area contributed by atoms with Crippen LogP contribution in [0.4, 0.5) is 0 Å². The molecule has 1 aliphatic heterocycles. The third-order valence-electron chi connectivity index (χ3n) is 4.47. The van der Waals surface area contributed by atoms with Crippen molar-refractivity contribution in [2.24, 2.45) is 17.8 Å². The summed E-state index contributed by atoms with van der Waals surface area (Å²) in [5.41, 5.74) is 0. The Bertz CT molecular complexity index is 395. The van der Waals surface area contributed by atoms with Crippen LogP contribution >= 0.6 is 0 Å². The molecule has 0 bridgehead atoms. The number of hydrogen-bond donors (Lipinski definition) is 2. The van der Waals surface area contributed by atoms with Gasteiger partial charge in [0.15, 0.2) is 0 Å². The van der Waals surface area contributed by atoms with E-state index in [1.165, 1.54) is 0 Å². The van der Waals surface area contributed by atoms with Crippen molar-refractivity contribution in [3.63, 3.8) is 0 Å². The number of carboxylic acid groups (broad SMARTS) is 1. The number of allylic oxidation sites excluding steroid dienone is 2. The first-order valence-corrected chi connectivity index (χ1v) is 7.49. The zero-order valence-corrected chi connectivity index (χ0v) is 12.0. The largest absolute Gasteiger partial charge is 0.481 e. The molecular weight excluding hydrogens is 256 g/mol. The van der Waals surface area contributed by atoms with Gasteiger partial charge < -0.3 is 15.3 Å². The lowest BCUT2D eigenvalue weighted by Crippen LogP contribution is -2.40. The molecule has 1 amide bonds. The maximum atomic E-state index is 12.2. The van der Waals surface area contributed by atoms with Crippen molar-refractivity contribution >= 4 is 11.9 Å². The molecule has 20 heavy (non-hydrogen) atoms. The van der Waals surface area contributed by atoms with Gasteiger partial charge in [-0.15, -0.1) is 0 Å². The number of hydrogen-bond acceptors (Lipinski definition) is 3. The van der Waals surface area contributed by atoms with Crippen LogP contribution in [-0.2, 0) is 9.59 Å². The van der Waals surface area contributed by atoms with E-state index in [0.717, 1.165) is 26.1 Å². The Morgan fingerprint density at radius 2 is 2.00 bits per heavy atom. The summed E-state index contributed by atoms with van der Waals surface area (Å²) in [6, 6.07) is 0. The molecule has 112 valence electrons.